The number of nitrogens with one attached hydrogen (secondary N) is 2. The molecule has 0 spiro atoms. The van der Waals surface area contributed by atoms with Crippen LogP contribution < -0.4 is 10.6 Å². The molecule has 8 heteroatoms. The highest BCUT2D eigenvalue weighted by molar-refractivity contribution is 5.96. The zero-order valence-electron chi connectivity index (χ0n) is 15.9. The van der Waals surface area contributed by atoms with Crippen molar-refractivity contribution in [1.29, 1.82) is 0 Å². The molecule has 2 amide bonds. The molecular formula is C20H25N3O5. The summed E-state index contributed by atoms with van der Waals surface area (Å²) in [4.78, 5) is 37.5. The molecule has 1 atom stereocenters. The van der Waals surface area contributed by atoms with E-state index in [4.69, 9.17) is 4.42 Å². The minimum atomic E-state index is -0.473. The summed E-state index contributed by atoms with van der Waals surface area (Å²) in [6, 6.07) is 9.26. The first-order valence-electron chi connectivity index (χ1n) is 9.40. The Labute approximate surface area is 163 Å². The van der Waals surface area contributed by atoms with Gasteiger partial charge in [-0.1, -0.05) is 18.2 Å². The Hall–Kier alpha value is -2.87. The van der Waals surface area contributed by atoms with E-state index < -0.39 is 5.97 Å². The fraction of sp³-hybridized carbons (Fsp3) is 0.450. The van der Waals surface area contributed by atoms with Crippen LogP contribution in [0.3, 0.4) is 0 Å². The van der Waals surface area contributed by atoms with E-state index in [0.29, 0.717) is 30.9 Å². The van der Waals surface area contributed by atoms with E-state index in [9.17, 15) is 14.4 Å². The van der Waals surface area contributed by atoms with E-state index in [1.165, 1.54) is 7.11 Å². The van der Waals surface area contributed by atoms with Crippen molar-refractivity contribution in [2.75, 3.05) is 33.3 Å². The molecule has 0 aliphatic carbocycles. The molecule has 1 saturated heterocycles. The maximum atomic E-state index is 12.5. The SMILES string of the molecule is COC(=O)CNC(=O)CCN1CCCC(NC(=O)c2cc3ccccc3o2)C1. The van der Waals surface area contributed by atoms with Crippen LogP contribution in [0.5, 0.6) is 0 Å². The number of likely N-dealkylation sites (tertiary alicyclic amines) is 1. The summed E-state index contributed by atoms with van der Waals surface area (Å²) in [7, 11) is 1.28. The Kier molecular flexibility index (Phi) is 6.65. The molecule has 1 fully saturated rings. The van der Waals surface area contributed by atoms with Gasteiger partial charge >= 0.3 is 5.97 Å². The van der Waals surface area contributed by atoms with Gasteiger partial charge in [-0.3, -0.25) is 14.4 Å². The maximum Gasteiger partial charge on any atom is 0.325 e. The third-order valence-electron chi connectivity index (χ3n) is 4.80. The van der Waals surface area contributed by atoms with Gasteiger partial charge in [0.15, 0.2) is 5.76 Å². The molecule has 1 aromatic heterocycles. The summed E-state index contributed by atoms with van der Waals surface area (Å²) in [5.41, 5.74) is 0.691. The quantitative estimate of drug-likeness (QED) is 0.695. The molecule has 2 heterocycles. The fourth-order valence-electron chi connectivity index (χ4n) is 3.32. The molecule has 2 aromatic rings. The second-order valence-electron chi connectivity index (χ2n) is 6.86. The van der Waals surface area contributed by atoms with Crippen LogP contribution in [-0.4, -0.2) is 62.0 Å². The predicted octanol–water partition coefficient (Wildman–Crippen LogP) is 1.31. The number of esters is 1. The van der Waals surface area contributed by atoms with Crippen LogP contribution in [0.25, 0.3) is 11.0 Å². The molecule has 28 heavy (non-hydrogen) atoms. The number of para-hydroxylation sites is 1. The van der Waals surface area contributed by atoms with E-state index >= 15 is 0 Å². The highest BCUT2D eigenvalue weighted by atomic mass is 16.5. The molecular weight excluding hydrogens is 362 g/mol. The Balaban J connectivity index is 1.46. The molecule has 2 N–H and O–H groups in total. The highest BCUT2D eigenvalue weighted by Gasteiger charge is 2.23. The maximum absolute atomic E-state index is 12.5. The minimum absolute atomic E-state index is 0.00703. The summed E-state index contributed by atoms with van der Waals surface area (Å²) >= 11 is 0. The zero-order chi connectivity index (χ0) is 19.9. The number of fused-ring (bicyclic) bond motifs is 1. The second-order valence-corrected chi connectivity index (χ2v) is 6.86. The number of furan rings is 1. The number of hydrogen-bond donors (Lipinski definition) is 2. The first-order chi connectivity index (χ1) is 13.5. The third kappa shape index (κ3) is 5.32. The van der Waals surface area contributed by atoms with Crippen LogP contribution in [0.2, 0.25) is 0 Å². The first-order valence-corrected chi connectivity index (χ1v) is 9.40. The number of hydrogen-bond acceptors (Lipinski definition) is 6. The highest BCUT2D eigenvalue weighted by Crippen LogP contribution is 2.19. The van der Waals surface area contributed by atoms with Gasteiger partial charge in [0.05, 0.1) is 7.11 Å². The summed E-state index contributed by atoms with van der Waals surface area (Å²) in [6.07, 6.45) is 2.12. The van der Waals surface area contributed by atoms with E-state index in [0.717, 1.165) is 24.8 Å². The van der Waals surface area contributed by atoms with Crippen molar-refractivity contribution in [2.24, 2.45) is 0 Å². The van der Waals surface area contributed by atoms with Gasteiger partial charge in [0, 0.05) is 30.9 Å². The van der Waals surface area contributed by atoms with Crippen molar-refractivity contribution in [3.05, 3.63) is 36.1 Å². The molecule has 3 rings (SSSR count). The summed E-state index contributed by atoms with van der Waals surface area (Å²) in [5.74, 6) is -0.585. The lowest BCUT2D eigenvalue weighted by atomic mass is 10.1. The van der Waals surface area contributed by atoms with Crippen LogP contribution in [0.15, 0.2) is 34.7 Å². The van der Waals surface area contributed by atoms with Gasteiger partial charge in [-0.05, 0) is 31.5 Å². The lowest BCUT2D eigenvalue weighted by molar-refractivity contribution is -0.141. The van der Waals surface area contributed by atoms with E-state index in [1.54, 1.807) is 6.07 Å². The van der Waals surface area contributed by atoms with Crippen LogP contribution in [0.4, 0.5) is 0 Å². The van der Waals surface area contributed by atoms with Crippen LogP contribution in [-0.2, 0) is 14.3 Å². The van der Waals surface area contributed by atoms with E-state index in [1.807, 2.05) is 24.3 Å². The average molecular weight is 387 g/mol. The van der Waals surface area contributed by atoms with Gasteiger partial charge in [0.1, 0.15) is 12.1 Å². The Morgan fingerprint density at radius 3 is 2.89 bits per heavy atom. The first kappa shape index (κ1) is 19.9. The molecule has 8 nitrogen and oxygen atoms in total. The van der Waals surface area contributed by atoms with Gasteiger partial charge in [-0.15, -0.1) is 0 Å². The molecule has 0 saturated carbocycles. The van der Waals surface area contributed by atoms with E-state index in [2.05, 4.69) is 20.3 Å². The Bertz CT molecular complexity index is 814. The number of carbonyl (C=O) groups excluding carboxylic acids is 3. The lowest BCUT2D eigenvalue weighted by Gasteiger charge is -2.32. The summed E-state index contributed by atoms with van der Waals surface area (Å²) in [6.45, 7) is 2.01. The van der Waals surface area contributed by atoms with Crippen LogP contribution in [0.1, 0.15) is 29.8 Å². The van der Waals surface area contributed by atoms with Crippen molar-refractivity contribution in [3.63, 3.8) is 0 Å². The second kappa shape index (κ2) is 9.36. The predicted molar refractivity (Wildman–Crippen MR) is 103 cm³/mol. The standard InChI is InChI=1S/C20H25N3O5/c1-27-19(25)12-21-18(24)8-10-23-9-4-6-15(13-23)22-20(26)17-11-14-5-2-3-7-16(14)28-17/h2-3,5,7,11,15H,4,6,8-10,12-13H2,1H3,(H,21,24)(H,22,26). The number of benzene rings is 1. The van der Waals surface area contributed by atoms with Crippen LogP contribution >= 0.6 is 0 Å². The Morgan fingerprint density at radius 1 is 1.29 bits per heavy atom. The third-order valence-corrected chi connectivity index (χ3v) is 4.80. The molecule has 0 bridgehead atoms. The van der Waals surface area contributed by atoms with Crippen molar-refractivity contribution < 1.29 is 23.5 Å². The number of rotatable bonds is 7. The largest absolute Gasteiger partial charge is 0.468 e. The molecule has 1 aliphatic rings. The van der Waals surface area contributed by atoms with Gasteiger partial charge in [0.25, 0.3) is 5.91 Å². The van der Waals surface area contributed by atoms with Gasteiger partial charge in [-0.25, -0.2) is 0 Å². The van der Waals surface area contributed by atoms with Crippen molar-refractivity contribution in [2.45, 2.75) is 25.3 Å². The van der Waals surface area contributed by atoms with Gasteiger partial charge in [-0.2, -0.15) is 0 Å². The fourth-order valence-corrected chi connectivity index (χ4v) is 3.32. The average Bonchev–Trinajstić information content (AvgIpc) is 3.15. The van der Waals surface area contributed by atoms with Gasteiger partial charge < -0.3 is 24.7 Å². The normalized spacial score (nSPS) is 17.2. The lowest BCUT2D eigenvalue weighted by Crippen LogP contribution is -2.48. The number of carbonyl (C=O) groups is 3. The minimum Gasteiger partial charge on any atom is -0.468 e. The molecule has 150 valence electrons. The topological polar surface area (TPSA) is 101 Å². The zero-order valence-corrected chi connectivity index (χ0v) is 15.9. The molecule has 0 radical (unpaired) electrons. The molecule has 1 aliphatic heterocycles. The Morgan fingerprint density at radius 2 is 2.11 bits per heavy atom. The number of piperidine rings is 1. The van der Waals surface area contributed by atoms with E-state index in [-0.39, 0.29) is 24.4 Å². The van der Waals surface area contributed by atoms with Crippen molar-refractivity contribution in [1.82, 2.24) is 15.5 Å². The number of ether oxygens (including phenoxy) is 1. The summed E-state index contributed by atoms with van der Waals surface area (Å²) < 4.78 is 10.1. The number of nitrogens with zero attached hydrogens (tertiary/aromatic N) is 1. The van der Waals surface area contributed by atoms with Crippen LogP contribution in [0, 0.1) is 0 Å². The molecule has 1 aromatic carbocycles. The molecule has 1 unspecified atom stereocenters. The number of methoxy groups -OCH3 is 1. The van der Waals surface area contributed by atoms with Crippen molar-refractivity contribution >= 4 is 28.8 Å². The monoisotopic (exact) mass is 387 g/mol. The van der Waals surface area contributed by atoms with Gasteiger partial charge in [0.2, 0.25) is 5.91 Å². The van der Waals surface area contributed by atoms with Crippen molar-refractivity contribution in [3.8, 4) is 0 Å². The number of amides is 2. The smallest absolute Gasteiger partial charge is 0.325 e. The summed E-state index contributed by atoms with van der Waals surface area (Å²) in [5, 5.41) is 6.45.